The molecule has 1 aromatic heterocycles. The average molecular weight is 289 g/mol. The van der Waals surface area contributed by atoms with Crippen LogP contribution in [0.1, 0.15) is 26.7 Å². The molecule has 1 unspecified atom stereocenters. The van der Waals surface area contributed by atoms with Crippen LogP contribution < -0.4 is 15.1 Å². The van der Waals surface area contributed by atoms with Crippen LogP contribution in [0.2, 0.25) is 0 Å². The molecule has 0 spiro atoms. The van der Waals surface area contributed by atoms with Gasteiger partial charge in [0.15, 0.2) is 0 Å². The Labute approximate surface area is 126 Å². The molecular formula is C14H23N7. The Hall–Kier alpha value is -2.10. The van der Waals surface area contributed by atoms with E-state index in [0.717, 1.165) is 25.6 Å². The topological polar surface area (TPSA) is 81.0 Å². The first-order valence-corrected chi connectivity index (χ1v) is 7.51. The van der Waals surface area contributed by atoms with Crippen molar-refractivity contribution < 1.29 is 0 Å². The quantitative estimate of drug-likeness (QED) is 0.849. The van der Waals surface area contributed by atoms with Gasteiger partial charge in [-0.25, -0.2) is 0 Å². The molecule has 2 heterocycles. The lowest BCUT2D eigenvalue weighted by Crippen LogP contribution is -2.31. The summed E-state index contributed by atoms with van der Waals surface area (Å²) in [5, 5.41) is 12.0. The predicted octanol–water partition coefficient (Wildman–Crippen LogP) is 1.50. The molecule has 0 bridgehead atoms. The fourth-order valence-corrected chi connectivity index (χ4v) is 2.39. The monoisotopic (exact) mass is 289 g/mol. The van der Waals surface area contributed by atoms with Crippen molar-refractivity contribution in [1.29, 1.82) is 5.26 Å². The van der Waals surface area contributed by atoms with Crippen molar-refractivity contribution in [3.8, 4) is 6.07 Å². The minimum Gasteiger partial charge on any atom is -0.357 e. The molecule has 2 rings (SSSR count). The first kappa shape index (κ1) is 15.3. The third-order valence-electron chi connectivity index (χ3n) is 3.60. The lowest BCUT2D eigenvalue weighted by Gasteiger charge is -2.24. The molecule has 1 fully saturated rings. The fourth-order valence-electron chi connectivity index (χ4n) is 2.39. The summed E-state index contributed by atoms with van der Waals surface area (Å²) in [5.74, 6) is 1.88. The number of rotatable bonds is 6. The van der Waals surface area contributed by atoms with Crippen molar-refractivity contribution in [1.82, 2.24) is 15.0 Å². The van der Waals surface area contributed by atoms with E-state index in [1.165, 1.54) is 12.8 Å². The average Bonchev–Trinajstić information content (AvgIpc) is 3.06. The second kappa shape index (κ2) is 7.07. The van der Waals surface area contributed by atoms with Crippen molar-refractivity contribution in [2.24, 2.45) is 5.92 Å². The summed E-state index contributed by atoms with van der Waals surface area (Å²) >= 11 is 0. The van der Waals surface area contributed by atoms with Crippen LogP contribution >= 0.6 is 0 Å². The Morgan fingerprint density at radius 2 is 2.05 bits per heavy atom. The van der Waals surface area contributed by atoms with E-state index in [9.17, 15) is 0 Å². The normalized spacial score (nSPS) is 15.6. The molecule has 1 N–H and O–H groups in total. The second-order valence-electron chi connectivity index (χ2n) is 5.27. The van der Waals surface area contributed by atoms with Crippen molar-refractivity contribution in [2.45, 2.75) is 26.7 Å². The largest absolute Gasteiger partial charge is 0.357 e. The summed E-state index contributed by atoms with van der Waals surface area (Å²) < 4.78 is 0. The maximum absolute atomic E-state index is 9.00. The molecule has 7 heteroatoms. The molecule has 0 amide bonds. The third kappa shape index (κ3) is 3.72. The van der Waals surface area contributed by atoms with Gasteiger partial charge in [0.05, 0.1) is 12.0 Å². The molecular weight excluding hydrogens is 266 g/mol. The fraction of sp³-hybridized carbons (Fsp3) is 0.714. The summed E-state index contributed by atoms with van der Waals surface area (Å²) in [6, 6.07) is 2.26. The molecule has 1 saturated heterocycles. The van der Waals surface area contributed by atoms with Gasteiger partial charge in [-0.1, -0.05) is 0 Å². The zero-order valence-electron chi connectivity index (χ0n) is 13.0. The number of nitrogens with zero attached hydrogens (tertiary/aromatic N) is 6. The first-order chi connectivity index (χ1) is 10.2. The van der Waals surface area contributed by atoms with Crippen LogP contribution in [0.4, 0.5) is 17.8 Å². The van der Waals surface area contributed by atoms with Gasteiger partial charge in [0, 0.05) is 33.2 Å². The minimum atomic E-state index is -0.0602. The number of nitrogens with one attached hydrogen (secondary N) is 1. The Bertz CT molecular complexity index is 505. The van der Waals surface area contributed by atoms with Crippen LogP contribution in [0.3, 0.4) is 0 Å². The Kier molecular flexibility index (Phi) is 5.14. The molecule has 0 aromatic carbocycles. The van der Waals surface area contributed by atoms with Crippen molar-refractivity contribution in [3.05, 3.63) is 0 Å². The van der Waals surface area contributed by atoms with Crippen LogP contribution in [-0.4, -0.2) is 48.2 Å². The summed E-state index contributed by atoms with van der Waals surface area (Å²) in [4.78, 5) is 17.7. The van der Waals surface area contributed by atoms with Crippen molar-refractivity contribution >= 4 is 17.8 Å². The Morgan fingerprint density at radius 1 is 1.33 bits per heavy atom. The standard InChI is InChI=1S/C14H23N7/c1-4-20(10-11(2)9-15)13-17-12(16-3)18-14(19-13)21-7-5-6-8-21/h11H,4-8,10H2,1-3H3,(H,16,17,18,19). The third-order valence-corrected chi connectivity index (χ3v) is 3.60. The highest BCUT2D eigenvalue weighted by molar-refractivity contribution is 5.45. The zero-order valence-corrected chi connectivity index (χ0v) is 13.0. The zero-order chi connectivity index (χ0) is 15.2. The van der Waals surface area contributed by atoms with E-state index in [0.29, 0.717) is 18.4 Å². The number of anilines is 3. The summed E-state index contributed by atoms with van der Waals surface area (Å²) in [6.45, 7) is 7.32. The van der Waals surface area contributed by atoms with Gasteiger partial charge in [-0.3, -0.25) is 0 Å². The Balaban J connectivity index is 2.28. The maximum Gasteiger partial charge on any atom is 0.231 e. The predicted molar refractivity (Wildman–Crippen MR) is 83.5 cm³/mol. The molecule has 0 aliphatic carbocycles. The second-order valence-corrected chi connectivity index (χ2v) is 5.27. The van der Waals surface area contributed by atoms with Crippen molar-refractivity contribution in [3.63, 3.8) is 0 Å². The van der Waals surface area contributed by atoms with Gasteiger partial charge in [0.1, 0.15) is 0 Å². The summed E-state index contributed by atoms with van der Waals surface area (Å²) in [7, 11) is 1.81. The number of aromatic nitrogens is 3. The van der Waals surface area contributed by atoms with Gasteiger partial charge in [-0.05, 0) is 26.7 Å². The van der Waals surface area contributed by atoms with Gasteiger partial charge in [0.25, 0.3) is 0 Å². The summed E-state index contributed by atoms with van der Waals surface area (Å²) in [6.07, 6.45) is 2.36. The lowest BCUT2D eigenvalue weighted by molar-refractivity contribution is 0.668. The Morgan fingerprint density at radius 3 is 2.62 bits per heavy atom. The van der Waals surface area contributed by atoms with Crippen LogP contribution in [0, 0.1) is 17.2 Å². The highest BCUT2D eigenvalue weighted by Gasteiger charge is 2.19. The molecule has 1 aliphatic heterocycles. The molecule has 0 radical (unpaired) electrons. The number of nitriles is 1. The maximum atomic E-state index is 9.00. The smallest absolute Gasteiger partial charge is 0.231 e. The van der Waals surface area contributed by atoms with E-state index in [4.69, 9.17) is 5.26 Å². The van der Waals surface area contributed by atoms with Gasteiger partial charge < -0.3 is 15.1 Å². The minimum absolute atomic E-state index is 0.0602. The molecule has 1 atom stereocenters. The van der Waals surface area contributed by atoms with Gasteiger partial charge in [-0.2, -0.15) is 20.2 Å². The first-order valence-electron chi connectivity index (χ1n) is 7.51. The highest BCUT2D eigenvalue weighted by atomic mass is 15.4. The molecule has 21 heavy (non-hydrogen) atoms. The van der Waals surface area contributed by atoms with E-state index in [1.54, 1.807) is 7.05 Å². The van der Waals surface area contributed by atoms with E-state index >= 15 is 0 Å². The highest BCUT2D eigenvalue weighted by Crippen LogP contribution is 2.20. The summed E-state index contributed by atoms with van der Waals surface area (Å²) in [5.41, 5.74) is 0. The molecule has 1 aliphatic rings. The van der Waals surface area contributed by atoms with E-state index in [-0.39, 0.29) is 5.92 Å². The van der Waals surface area contributed by atoms with Crippen LogP contribution in [0.5, 0.6) is 0 Å². The van der Waals surface area contributed by atoms with Crippen LogP contribution in [0.15, 0.2) is 0 Å². The van der Waals surface area contributed by atoms with Crippen LogP contribution in [0.25, 0.3) is 0 Å². The number of hydrogen-bond donors (Lipinski definition) is 1. The number of hydrogen-bond acceptors (Lipinski definition) is 7. The SMILES string of the molecule is CCN(CC(C)C#N)c1nc(NC)nc(N2CCCC2)n1. The molecule has 7 nitrogen and oxygen atoms in total. The van der Waals surface area contributed by atoms with Gasteiger partial charge in [0.2, 0.25) is 17.8 Å². The van der Waals surface area contributed by atoms with Crippen molar-refractivity contribution in [2.75, 3.05) is 48.3 Å². The molecule has 0 saturated carbocycles. The van der Waals surface area contributed by atoms with E-state index in [1.807, 2.05) is 18.7 Å². The van der Waals surface area contributed by atoms with E-state index in [2.05, 4.69) is 31.2 Å². The van der Waals surface area contributed by atoms with E-state index < -0.39 is 0 Å². The van der Waals surface area contributed by atoms with Crippen LogP contribution in [-0.2, 0) is 0 Å². The lowest BCUT2D eigenvalue weighted by atomic mass is 10.2. The van der Waals surface area contributed by atoms with Gasteiger partial charge in [-0.15, -0.1) is 0 Å². The van der Waals surface area contributed by atoms with Gasteiger partial charge >= 0.3 is 0 Å². The molecule has 114 valence electrons. The molecule has 1 aromatic rings.